The minimum absolute atomic E-state index is 0.320. The molecule has 0 aromatic carbocycles. The summed E-state index contributed by atoms with van der Waals surface area (Å²) in [6.07, 6.45) is 2.25. The molecule has 0 bridgehead atoms. The van der Waals surface area contributed by atoms with Crippen molar-refractivity contribution < 1.29 is 0 Å². The molecule has 5 nitrogen and oxygen atoms in total. The Morgan fingerprint density at radius 3 is 2.81 bits per heavy atom. The molecule has 1 saturated heterocycles. The molecule has 1 fully saturated rings. The van der Waals surface area contributed by atoms with Crippen molar-refractivity contribution in [3.63, 3.8) is 0 Å². The fraction of sp³-hybridized carbons (Fsp3) is 0.500. The van der Waals surface area contributed by atoms with E-state index in [1.807, 2.05) is 20.8 Å². The monoisotopic (exact) mass is 367 g/mol. The molecule has 3 aromatic rings. The Hall–Kier alpha value is -1.92. The van der Waals surface area contributed by atoms with Gasteiger partial charge < -0.3 is 0 Å². The van der Waals surface area contributed by atoms with Crippen LogP contribution in [0.3, 0.4) is 0 Å². The van der Waals surface area contributed by atoms with E-state index in [0.29, 0.717) is 12.0 Å². The van der Waals surface area contributed by atoms with Crippen LogP contribution in [0, 0.1) is 26.7 Å². The Morgan fingerprint density at radius 2 is 2.00 bits per heavy atom. The molecular weight excluding hydrogens is 342 g/mol. The van der Waals surface area contributed by atoms with Gasteiger partial charge in [0.2, 0.25) is 0 Å². The van der Waals surface area contributed by atoms with Gasteiger partial charge in [-0.2, -0.15) is 0 Å². The summed E-state index contributed by atoms with van der Waals surface area (Å²) < 4.78 is 1.17. The van der Waals surface area contributed by atoms with Gasteiger partial charge in [0.25, 0.3) is 0 Å². The van der Waals surface area contributed by atoms with Crippen molar-refractivity contribution in [2.45, 2.75) is 46.6 Å². The number of fused-ring (bicyclic) bond motifs is 1. The van der Waals surface area contributed by atoms with Crippen molar-refractivity contribution in [1.29, 1.82) is 0 Å². The van der Waals surface area contributed by atoms with Crippen LogP contribution in [0.25, 0.3) is 10.3 Å². The molecule has 136 valence electrons. The number of aromatic nitrogens is 4. The normalized spacial score (nSPS) is 19.3. The van der Waals surface area contributed by atoms with Crippen LogP contribution in [0.4, 0.5) is 0 Å². The van der Waals surface area contributed by atoms with E-state index in [2.05, 4.69) is 45.0 Å². The Labute approximate surface area is 158 Å². The number of thiazole rings is 1. The lowest BCUT2D eigenvalue weighted by Crippen LogP contribution is -2.25. The number of hydrogen-bond donors (Lipinski definition) is 0. The van der Waals surface area contributed by atoms with Crippen LogP contribution in [0.15, 0.2) is 18.2 Å². The predicted octanol–water partition coefficient (Wildman–Crippen LogP) is 4.03. The van der Waals surface area contributed by atoms with Gasteiger partial charge in [0, 0.05) is 24.0 Å². The first-order valence-corrected chi connectivity index (χ1v) is 10.1. The molecule has 0 amide bonds. The summed E-state index contributed by atoms with van der Waals surface area (Å²) in [7, 11) is 0. The molecule has 0 saturated carbocycles. The number of likely N-dealkylation sites (tertiary alicyclic amines) is 1. The molecule has 1 aliphatic heterocycles. The first kappa shape index (κ1) is 17.5. The van der Waals surface area contributed by atoms with Gasteiger partial charge in [-0.3, -0.25) is 4.90 Å². The molecule has 0 N–H and O–H groups in total. The summed E-state index contributed by atoms with van der Waals surface area (Å²) >= 11 is 1.71. The topological polar surface area (TPSA) is 54.8 Å². The molecule has 4 heterocycles. The van der Waals surface area contributed by atoms with E-state index in [1.54, 1.807) is 11.3 Å². The summed E-state index contributed by atoms with van der Waals surface area (Å²) in [4.78, 5) is 20.9. The Balaban J connectivity index is 1.45. The molecule has 0 unspecified atom stereocenters. The number of rotatable bonds is 4. The summed E-state index contributed by atoms with van der Waals surface area (Å²) in [5.74, 6) is 1.52. The third-order valence-electron chi connectivity index (χ3n) is 5.19. The van der Waals surface area contributed by atoms with Crippen LogP contribution < -0.4 is 0 Å². The number of pyridine rings is 1. The highest BCUT2D eigenvalue weighted by Gasteiger charge is 2.28. The van der Waals surface area contributed by atoms with Crippen LogP contribution >= 0.6 is 11.3 Å². The van der Waals surface area contributed by atoms with Crippen molar-refractivity contribution in [2.24, 2.45) is 5.92 Å². The van der Waals surface area contributed by atoms with Crippen LogP contribution in [-0.2, 0) is 6.42 Å². The van der Waals surface area contributed by atoms with Crippen molar-refractivity contribution in [2.75, 3.05) is 13.1 Å². The number of nitrogens with zero attached hydrogens (tertiary/aromatic N) is 5. The van der Waals surface area contributed by atoms with Gasteiger partial charge in [-0.05, 0) is 71.2 Å². The van der Waals surface area contributed by atoms with Gasteiger partial charge in [-0.15, -0.1) is 11.3 Å². The average Bonchev–Trinajstić information content (AvgIpc) is 3.17. The third kappa shape index (κ3) is 3.62. The van der Waals surface area contributed by atoms with Crippen LogP contribution in [0.1, 0.15) is 47.3 Å². The third-order valence-corrected chi connectivity index (χ3v) is 6.12. The molecular formula is C20H25N5S. The standard InChI is InChI=1S/C20H25N5S/c1-12-9-17(22-14(3)21-12)10-16-7-8-25(11-16)13(2)18-5-6-19-20(24-18)23-15(4)26-19/h5-6,9,13,16H,7-8,10-11H2,1-4H3/t13-,16-/m0/s1. The zero-order valence-electron chi connectivity index (χ0n) is 15.9. The van der Waals surface area contributed by atoms with Gasteiger partial charge in [0.1, 0.15) is 5.82 Å². The van der Waals surface area contributed by atoms with E-state index in [0.717, 1.165) is 47.4 Å². The number of aryl methyl sites for hydroxylation is 3. The Kier molecular flexibility index (Phi) is 4.71. The van der Waals surface area contributed by atoms with E-state index in [-0.39, 0.29) is 0 Å². The second-order valence-electron chi connectivity index (χ2n) is 7.37. The lowest BCUT2D eigenvalue weighted by Gasteiger charge is -2.24. The summed E-state index contributed by atoms with van der Waals surface area (Å²) in [6.45, 7) is 10.5. The van der Waals surface area contributed by atoms with Gasteiger partial charge in [0.15, 0.2) is 5.65 Å². The van der Waals surface area contributed by atoms with E-state index in [1.165, 1.54) is 16.8 Å². The lowest BCUT2D eigenvalue weighted by molar-refractivity contribution is 0.248. The Bertz CT molecular complexity index is 915. The molecule has 3 aromatic heterocycles. The highest BCUT2D eigenvalue weighted by atomic mass is 32.1. The maximum absolute atomic E-state index is 4.81. The van der Waals surface area contributed by atoms with E-state index in [9.17, 15) is 0 Å². The minimum Gasteiger partial charge on any atom is -0.295 e. The van der Waals surface area contributed by atoms with E-state index in [4.69, 9.17) is 4.98 Å². The fourth-order valence-corrected chi connectivity index (χ4v) is 4.70. The van der Waals surface area contributed by atoms with Gasteiger partial charge >= 0.3 is 0 Å². The van der Waals surface area contributed by atoms with Crippen LogP contribution in [0.2, 0.25) is 0 Å². The van der Waals surface area contributed by atoms with E-state index >= 15 is 0 Å². The molecule has 1 aliphatic rings. The second kappa shape index (κ2) is 7.00. The molecule has 2 atom stereocenters. The second-order valence-corrected chi connectivity index (χ2v) is 8.60. The van der Waals surface area contributed by atoms with Crippen molar-refractivity contribution >= 4 is 21.7 Å². The van der Waals surface area contributed by atoms with Gasteiger partial charge in [-0.25, -0.2) is 19.9 Å². The van der Waals surface area contributed by atoms with Crippen molar-refractivity contribution in [1.82, 2.24) is 24.8 Å². The predicted molar refractivity (Wildman–Crippen MR) is 105 cm³/mol. The highest BCUT2D eigenvalue weighted by molar-refractivity contribution is 7.18. The molecule has 0 aliphatic carbocycles. The lowest BCUT2D eigenvalue weighted by atomic mass is 10.0. The maximum Gasteiger partial charge on any atom is 0.170 e. The van der Waals surface area contributed by atoms with E-state index < -0.39 is 0 Å². The molecule has 6 heteroatoms. The summed E-state index contributed by atoms with van der Waals surface area (Å²) in [5.41, 5.74) is 4.25. The maximum atomic E-state index is 4.81. The number of hydrogen-bond acceptors (Lipinski definition) is 6. The van der Waals surface area contributed by atoms with Crippen LogP contribution in [-0.4, -0.2) is 37.9 Å². The largest absolute Gasteiger partial charge is 0.295 e. The highest BCUT2D eigenvalue weighted by Crippen LogP contribution is 2.30. The summed E-state index contributed by atoms with van der Waals surface area (Å²) in [5, 5.41) is 1.08. The van der Waals surface area contributed by atoms with Gasteiger partial charge in [-0.1, -0.05) is 0 Å². The zero-order chi connectivity index (χ0) is 18.3. The first-order chi connectivity index (χ1) is 12.5. The smallest absolute Gasteiger partial charge is 0.170 e. The summed E-state index contributed by atoms with van der Waals surface area (Å²) in [6, 6.07) is 6.77. The molecule has 0 radical (unpaired) electrons. The molecule has 26 heavy (non-hydrogen) atoms. The van der Waals surface area contributed by atoms with Crippen molar-refractivity contribution in [3.05, 3.63) is 46.1 Å². The SMILES string of the molecule is Cc1cc(C[C@@H]2CCN([C@@H](C)c3ccc4sc(C)nc4n3)C2)nc(C)n1. The first-order valence-electron chi connectivity index (χ1n) is 9.27. The minimum atomic E-state index is 0.320. The quantitative estimate of drug-likeness (QED) is 0.697. The van der Waals surface area contributed by atoms with Crippen molar-refractivity contribution in [3.8, 4) is 0 Å². The fourth-order valence-electron chi connectivity index (χ4n) is 3.94. The molecule has 0 spiro atoms. The molecule has 4 rings (SSSR count). The Morgan fingerprint density at radius 1 is 1.15 bits per heavy atom. The average molecular weight is 368 g/mol. The van der Waals surface area contributed by atoms with Crippen LogP contribution in [0.5, 0.6) is 0 Å². The van der Waals surface area contributed by atoms with Gasteiger partial charge in [0.05, 0.1) is 15.4 Å². The zero-order valence-corrected chi connectivity index (χ0v) is 16.7.